The Morgan fingerprint density at radius 1 is 1.42 bits per heavy atom. The number of carbonyl (C=O) groups excluding carboxylic acids is 1. The fraction of sp³-hybridized carbons (Fsp3) is 0.429. The van der Waals surface area contributed by atoms with E-state index in [1.807, 2.05) is 0 Å². The zero-order chi connectivity index (χ0) is 7.84. The van der Waals surface area contributed by atoms with Crippen LogP contribution in [-0.4, -0.2) is 10.8 Å². The van der Waals surface area contributed by atoms with Gasteiger partial charge in [-0.2, -0.15) is 0 Å². The molecule has 0 aliphatic heterocycles. The van der Waals surface area contributed by atoms with E-state index in [9.17, 15) is 4.79 Å². The number of anilines is 1. The molecule has 0 amide bonds. The molecule has 5 heteroatoms. The van der Waals surface area contributed by atoms with Crippen LogP contribution in [0.3, 0.4) is 0 Å². The minimum atomic E-state index is 0. The second kappa shape index (κ2) is 3.41. The molecule has 1 aromatic heterocycles. The minimum absolute atomic E-state index is 0. The molecule has 1 aromatic rings. The third-order valence-corrected chi connectivity index (χ3v) is 2.75. The number of nitrogen functional groups attached to an aromatic ring is 1. The van der Waals surface area contributed by atoms with Gasteiger partial charge in [0.1, 0.15) is 0 Å². The van der Waals surface area contributed by atoms with E-state index in [0.29, 0.717) is 11.6 Å². The van der Waals surface area contributed by atoms with Gasteiger partial charge in [0, 0.05) is 6.42 Å². The van der Waals surface area contributed by atoms with Crippen LogP contribution in [0.2, 0.25) is 0 Å². The lowest BCUT2D eigenvalue weighted by Gasteiger charge is -2.05. The van der Waals surface area contributed by atoms with E-state index in [0.717, 1.165) is 23.4 Å². The summed E-state index contributed by atoms with van der Waals surface area (Å²) >= 11 is 1.32. The molecule has 0 unspecified atom stereocenters. The predicted octanol–water partition coefficient (Wildman–Crippen LogP) is 1.67. The molecule has 3 nitrogen and oxygen atoms in total. The number of ketones is 1. The molecule has 0 radical (unpaired) electrons. The highest BCUT2D eigenvalue weighted by Crippen LogP contribution is 2.27. The van der Waals surface area contributed by atoms with Crippen molar-refractivity contribution in [3.05, 3.63) is 10.6 Å². The Labute approximate surface area is 80.4 Å². The Balaban J connectivity index is 0.000000720. The maximum Gasteiger partial charge on any atom is 0.180 e. The fourth-order valence-corrected chi connectivity index (χ4v) is 2.13. The molecule has 0 spiro atoms. The number of thiazole rings is 1. The summed E-state index contributed by atoms with van der Waals surface area (Å²) in [6, 6.07) is 0. The standard InChI is InChI=1S/C7H8N2OS.ClH/c8-7-9-4-2-1-3-5(10)6(4)11-7;/h1-3H2,(H2,8,9);1H. The summed E-state index contributed by atoms with van der Waals surface area (Å²) in [5, 5.41) is 0.519. The maximum absolute atomic E-state index is 11.2. The number of fused-ring (bicyclic) bond motifs is 1. The summed E-state index contributed by atoms with van der Waals surface area (Å²) in [5.74, 6) is 0.209. The predicted molar refractivity (Wildman–Crippen MR) is 51.0 cm³/mol. The SMILES string of the molecule is Cl.Nc1nc2c(s1)C(=O)CCC2. The van der Waals surface area contributed by atoms with E-state index in [2.05, 4.69) is 4.98 Å². The molecule has 0 aromatic carbocycles. The molecule has 1 heterocycles. The molecule has 1 aliphatic rings. The second-order valence-electron chi connectivity index (χ2n) is 2.60. The average Bonchev–Trinajstić information content (AvgIpc) is 2.31. The molecule has 2 rings (SSSR count). The lowest BCUT2D eigenvalue weighted by molar-refractivity contribution is 0.0976. The number of aryl methyl sites for hydroxylation is 1. The normalized spacial score (nSPS) is 15.2. The van der Waals surface area contributed by atoms with Crippen LogP contribution in [-0.2, 0) is 6.42 Å². The summed E-state index contributed by atoms with van der Waals surface area (Å²) in [5.41, 5.74) is 6.38. The number of nitrogens with two attached hydrogens (primary N) is 1. The molecule has 66 valence electrons. The van der Waals surface area contributed by atoms with Crippen molar-refractivity contribution in [2.24, 2.45) is 0 Å². The van der Waals surface area contributed by atoms with E-state index in [-0.39, 0.29) is 18.2 Å². The third kappa shape index (κ3) is 1.44. The average molecular weight is 205 g/mol. The number of rotatable bonds is 0. The summed E-state index contributed by atoms with van der Waals surface area (Å²) in [6.07, 6.45) is 2.50. The van der Waals surface area contributed by atoms with Crippen LogP contribution >= 0.6 is 23.7 Å². The van der Waals surface area contributed by atoms with Gasteiger partial charge in [0.15, 0.2) is 10.9 Å². The van der Waals surface area contributed by atoms with Gasteiger partial charge in [-0.1, -0.05) is 11.3 Å². The molecular formula is C7H9ClN2OS. The van der Waals surface area contributed by atoms with Crippen LogP contribution in [0.15, 0.2) is 0 Å². The molecule has 1 aliphatic carbocycles. The van der Waals surface area contributed by atoms with E-state index in [4.69, 9.17) is 5.73 Å². The van der Waals surface area contributed by atoms with Gasteiger partial charge in [0.25, 0.3) is 0 Å². The summed E-state index contributed by atoms with van der Waals surface area (Å²) < 4.78 is 0. The number of nitrogens with zero attached hydrogens (tertiary/aromatic N) is 1. The Hall–Kier alpha value is -0.610. The number of hydrogen-bond acceptors (Lipinski definition) is 4. The number of aromatic nitrogens is 1. The van der Waals surface area contributed by atoms with Crippen molar-refractivity contribution in [3.63, 3.8) is 0 Å². The van der Waals surface area contributed by atoms with Gasteiger partial charge in [0.2, 0.25) is 0 Å². The molecule has 2 N–H and O–H groups in total. The van der Waals surface area contributed by atoms with Crippen molar-refractivity contribution in [2.75, 3.05) is 5.73 Å². The van der Waals surface area contributed by atoms with E-state index in [1.54, 1.807) is 0 Å². The highest BCUT2D eigenvalue weighted by molar-refractivity contribution is 7.17. The van der Waals surface area contributed by atoms with Gasteiger partial charge in [-0.15, -0.1) is 12.4 Å². The van der Waals surface area contributed by atoms with Gasteiger partial charge in [-0.05, 0) is 12.8 Å². The van der Waals surface area contributed by atoms with Crippen molar-refractivity contribution in [3.8, 4) is 0 Å². The number of halogens is 1. The number of hydrogen-bond donors (Lipinski definition) is 1. The van der Waals surface area contributed by atoms with Crippen molar-refractivity contribution >= 4 is 34.7 Å². The van der Waals surface area contributed by atoms with Crippen molar-refractivity contribution in [1.82, 2.24) is 4.98 Å². The third-order valence-electron chi connectivity index (χ3n) is 1.78. The Bertz CT molecular complexity index is 310. The lowest BCUT2D eigenvalue weighted by atomic mass is 10.0. The van der Waals surface area contributed by atoms with Crippen LogP contribution in [0.4, 0.5) is 5.13 Å². The van der Waals surface area contributed by atoms with Crippen molar-refractivity contribution < 1.29 is 4.79 Å². The monoisotopic (exact) mass is 204 g/mol. The summed E-state index contributed by atoms with van der Waals surface area (Å²) in [7, 11) is 0. The number of Topliss-reactive ketones (excluding diaryl/α,β-unsaturated/α-hetero) is 1. The van der Waals surface area contributed by atoms with E-state index in [1.165, 1.54) is 11.3 Å². The van der Waals surface area contributed by atoms with E-state index < -0.39 is 0 Å². The van der Waals surface area contributed by atoms with Gasteiger partial charge in [-0.3, -0.25) is 4.79 Å². The fourth-order valence-electron chi connectivity index (χ4n) is 1.29. The zero-order valence-electron chi connectivity index (χ0n) is 6.37. The summed E-state index contributed by atoms with van der Waals surface area (Å²) in [4.78, 5) is 16.1. The Morgan fingerprint density at radius 3 is 2.83 bits per heavy atom. The van der Waals surface area contributed by atoms with E-state index >= 15 is 0 Å². The van der Waals surface area contributed by atoms with Crippen LogP contribution < -0.4 is 5.73 Å². The van der Waals surface area contributed by atoms with Gasteiger partial charge in [0.05, 0.1) is 10.6 Å². The van der Waals surface area contributed by atoms with Crippen molar-refractivity contribution in [1.29, 1.82) is 0 Å². The van der Waals surface area contributed by atoms with Crippen LogP contribution in [0.25, 0.3) is 0 Å². The molecule has 0 saturated heterocycles. The first-order valence-electron chi connectivity index (χ1n) is 3.56. The Morgan fingerprint density at radius 2 is 2.17 bits per heavy atom. The van der Waals surface area contributed by atoms with Crippen LogP contribution in [0.5, 0.6) is 0 Å². The first-order chi connectivity index (χ1) is 5.27. The molecule has 12 heavy (non-hydrogen) atoms. The maximum atomic E-state index is 11.2. The summed E-state index contributed by atoms with van der Waals surface area (Å²) in [6.45, 7) is 0. The first kappa shape index (κ1) is 9.48. The van der Waals surface area contributed by atoms with Crippen LogP contribution in [0.1, 0.15) is 28.2 Å². The Kier molecular flexibility index (Phi) is 2.69. The molecule has 0 saturated carbocycles. The molecular weight excluding hydrogens is 196 g/mol. The molecule has 0 fully saturated rings. The highest BCUT2D eigenvalue weighted by atomic mass is 35.5. The molecule has 0 bridgehead atoms. The quantitative estimate of drug-likeness (QED) is 0.700. The van der Waals surface area contributed by atoms with Crippen molar-refractivity contribution in [2.45, 2.75) is 19.3 Å². The highest BCUT2D eigenvalue weighted by Gasteiger charge is 2.20. The van der Waals surface area contributed by atoms with Gasteiger partial charge >= 0.3 is 0 Å². The van der Waals surface area contributed by atoms with Gasteiger partial charge < -0.3 is 5.73 Å². The largest absolute Gasteiger partial charge is 0.375 e. The van der Waals surface area contributed by atoms with Gasteiger partial charge in [-0.25, -0.2) is 4.98 Å². The molecule has 0 atom stereocenters. The topological polar surface area (TPSA) is 56.0 Å². The minimum Gasteiger partial charge on any atom is -0.375 e. The first-order valence-corrected chi connectivity index (χ1v) is 4.37. The van der Waals surface area contributed by atoms with Crippen LogP contribution in [0, 0.1) is 0 Å². The second-order valence-corrected chi connectivity index (χ2v) is 3.64. The lowest BCUT2D eigenvalue weighted by Crippen LogP contribution is -2.07. The smallest absolute Gasteiger partial charge is 0.180 e. The number of carbonyl (C=O) groups is 1. The zero-order valence-corrected chi connectivity index (χ0v) is 8.00.